The van der Waals surface area contributed by atoms with E-state index in [1.165, 1.54) is 5.56 Å². The first-order valence-electron chi connectivity index (χ1n) is 9.02. The number of ether oxygens (including phenoxy) is 1. The molecule has 6 nitrogen and oxygen atoms in total. The smallest absolute Gasteiger partial charge is 0.239 e. The average molecular weight is 345 g/mol. The first kappa shape index (κ1) is 17.9. The molecule has 0 aliphatic carbocycles. The van der Waals surface area contributed by atoms with E-state index in [9.17, 15) is 9.59 Å². The molecule has 1 atom stereocenters. The molecule has 1 aromatic rings. The Labute approximate surface area is 149 Å². The number of morpholine rings is 1. The molecule has 6 heteroatoms. The highest BCUT2D eigenvalue weighted by Gasteiger charge is 2.37. The van der Waals surface area contributed by atoms with E-state index >= 15 is 0 Å². The Bertz CT molecular complexity index is 641. The van der Waals surface area contributed by atoms with E-state index in [1.54, 1.807) is 4.90 Å². The molecule has 136 valence electrons. The van der Waals surface area contributed by atoms with Gasteiger partial charge in [0.2, 0.25) is 11.8 Å². The number of hydrogen-bond donors (Lipinski definition) is 1. The van der Waals surface area contributed by atoms with Crippen molar-refractivity contribution in [1.82, 2.24) is 10.2 Å². The number of carbonyl (C=O) groups excluding carboxylic acids is 2. The molecule has 0 saturated carbocycles. The maximum absolute atomic E-state index is 12.7. The van der Waals surface area contributed by atoms with E-state index in [0.717, 1.165) is 44.1 Å². The number of rotatable bonds is 5. The largest absolute Gasteiger partial charge is 0.379 e. The third-order valence-corrected chi connectivity index (χ3v) is 5.00. The molecule has 2 aliphatic heterocycles. The van der Waals surface area contributed by atoms with Gasteiger partial charge in [0.25, 0.3) is 0 Å². The number of aryl methyl sites for hydroxylation is 2. The molecule has 2 heterocycles. The van der Waals surface area contributed by atoms with Gasteiger partial charge in [0, 0.05) is 38.4 Å². The maximum atomic E-state index is 12.7. The number of carbonyl (C=O) groups is 2. The van der Waals surface area contributed by atoms with Crippen molar-refractivity contribution in [2.45, 2.75) is 20.3 Å². The molecule has 1 N–H and O–H groups in total. The SMILES string of the molecule is Cc1ccc(N2CCC(C(=O)NCCN3CCOCC3)C2=O)c(C)c1. The summed E-state index contributed by atoms with van der Waals surface area (Å²) in [4.78, 5) is 29.1. The third kappa shape index (κ3) is 4.19. The van der Waals surface area contributed by atoms with Crippen LogP contribution < -0.4 is 10.2 Å². The predicted molar refractivity (Wildman–Crippen MR) is 96.6 cm³/mol. The van der Waals surface area contributed by atoms with Gasteiger partial charge in [0.05, 0.1) is 13.2 Å². The number of nitrogens with zero attached hydrogens (tertiary/aromatic N) is 2. The van der Waals surface area contributed by atoms with Crippen LogP contribution in [0.2, 0.25) is 0 Å². The maximum Gasteiger partial charge on any atom is 0.239 e. The molecule has 25 heavy (non-hydrogen) atoms. The first-order chi connectivity index (χ1) is 12.1. The Morgan fingerprint density at radius 3 is 2.72 bits per heavy atom. The summed E-state index contributed by atoms with van der Waals surface area (Å²) >= 11 is 0. The van der Waals surface area contributed by atoms with Gasteiger partial charge in [-0.1, -0.05) is 17.7 Å². The highest BCUT2D eigenvalue weighted by molar-refractivity contribution is 6.09. The molecule has 1 aromatic carbocycles. The molecule has 0 bridgehead atoms. The number of benzene rings is 1. The van der Waals surface area contributed by atoms with Gasteiger partial charge in [0.15, 0.2) is 0 Å². The van der Waals surface area contributed by atoms with Gasteiger partial charge in [-0.25, -0.2) is 0 Å². The Balaban J connectivity index is 1.53. The van der Waals surface area contributed by atoms with E-state index in [1.807, 2.05) is 26.0 Å². The fraction of sp³-hybridized carbons (Fsp3) is 0.579. The third-order valence-electron chi connectivity index (χ3n) is 5.00. The minimum Gasteiger partial charge on any atom is -0.379 e. The topological polar surface area (TPSA) is 61.9 Å². The summed E-state index contributed by atoms with van der Waals surface area (Å²) in [7, 11) is 0. The van der Waals surface area contributed by atoms with E-state index in [4.69, 9.17) is 4.74 Å². The Kier molecular flexibility index (Phi) is 5.71. The lowest BCUT2D eigenvalue weighted by Crippen LogP contribution is -2.43. The van der Waals surface area contributed by atoms with Crippen LogP contribution in [-0.2, 0) is 14.3 Å². The Morgan fingerprint density at radius 2 is 2.00 bits per heavy atom. The number of amides is 2. The van der Waals surface area contributed by atoms with Gasteiger partial charge in [-0.05, 0) is 31.9 Å². The zero-order chi connectivity index (χ0) is 17.8. The van der Waals surface area contributed by atoms with Gasteiger partial charge in [-0.2, -0.15) is 0 Å². The molecule has 0 spiro atoms. The fourth-order valence-corrected chi connectivity index (χ4v) is 3.56. The highest BCUT2D eigenvalue weighted by Crippen LogP contribution is 2.28. The van der Waals surface area contributed by atoms with Crippen LogP contribution >= 0.6 is 0 Å². The molecule has 2 aliphatic rings. The lowest BCUT2D eigenvalue weighted by molar-refractivity contribution is -0.132. The summed E-state index contributed by atoms with van der Waals surface area (Å²) in [6.45, 7) is 9.32. The molecule has 3 rings (SSSR count). The summed E-state index contributed by atoms with van der Waals surface area (Å²) in [5.74, 6) is -0.799. The summed E-state index contributed by atoms with van der Waals surface area (Å²) in [5.41, 5.74) is 3.16. The summed E-state index contributed by atoms with van der Waals surface area (Å²) < 4.78 is 5.31. The first-order valence-corrected chi connectivity index (χ1v) is 9.02. The molecule has 0 radical (unpaired) electrons. The van der Waals surface area contributed by atoms with E-state index in [2.05, 4.69) is 16.3 Å². The molecule has 0 aromatic heterocycles. The van der Waals surface area contributed by atoms with Crippen molar-refractivity contribution in [1.29, 1.82) is 0 Å². The van der Waals surface area contributed by atoms with Gasteiger partial charge in [-0.3, -0.25) is 14.5 Å². The van der Waals surface area contributed by atoms with Crippen LogP contribution in [0.15, 0.2) is 18.2 Å². The molecule has 2 amide bonds. The minimum atomic E-state index is -0.564. The van der Waals surface area contributed by atoms with Gasteiger partial charge < -0.3 is 15.0 Å². The molecular formula is C19H27N3O3. The molecule has 2 fully saturated rings. The zero-order valence-electron chi connectivity index (χ0n) is 15.1. The van der Waals surface area contributed by atoms with Crippen LogP contribution in [0.5, 0.6) is 0 Å². The van der Waals surface area contributed by atoms with Gasteiger partial charge >= 0.3 is 0 Å². The van der Waals surface area contributed by atoms with E-state index in [0.29, 0.717) is 19.5 Å². The summed E-state index contributed by atoms with van der Waals surface area (Å²) in [5, 5.41) is 2.93. The quantitative estimate of drug-likeness (QED) is 0.812. The van der Waals surface area contributed by atoms with Gasteiger partial charge in [0.1, 0.15) is 5.92 Å². The summed E-state index contributed by atoms with van der Waals surface area (Å²) in [6.07, 6.45) is 0.579. The zero-order valence-corrected chi connectivity index (χ0v) is 15.1. The lowest BCUT2D eigenvalue weighted by Gasteiger charge is -2.26. The van der Waals surface area contributed by atoms with Crippen molar-refractivity contribution in [2.24, 2.45) is 5.92 Å². The summed E-state index contributed by atoms with van der Waals surface area (Å²) in [6, 6.07) is 6.05. The van der Waals surface area contributed by atoms with Crippen molar-refractivity contribution in [3.8, 4) is 0 Å². The standard InChI is InChI=1S/C19H27N3O3/c1-14-3-4-17(15(2)13-14)22-7-5-16(19(22)24)18(23)20-6-8-21-9-11-25-12-10-21/h3-4,13,16H,5-12H2,1-2H3,(H,20,23). The van der Waals surface area contributed by atoms with Crippen molar-refractivity contribution < 1.29 is 14.3 Å². The second-order valence-corrected chi connectivity index (χ2v) is 6.87. The second-order valence-electron chi connectivity index (χ2n) is 6.87. The normalized spacial score (nSPS) is 21.6. The van der Waals surface area contributed by atoms with Crippen LogP contribution in [0, 0.1) is 19.8 Å². The van der Waals surface area contributed by atoms with Crippen LogP contribution in [0.4, 0.5) is 5.69 Å². The minimum absolute atomic E-state index is 0.0872. The predicted octanol–water partition coefficient (Wildman–Crippen LogP) is 1.10. The lowest BCUT2D eigenvalue weighted by atomic mass is 10.1. The average Bonchev–Trinajstić information content (AvgIpc) is 2.97. The molecule has 1 unspecified atom stereocenters. The van der Waals surface area contributed by atoms with Crippen molar-refractivity contribution in [3.05, 3.63) is 29.3 Å². The van der Waals surface area contributed by atoms with Crippen LogP contribution in [0.1, 0.15) is 17.5 Å². The van der Waals surface area contributed by atoms with Gasteiger partial charge in [-0.15, -0.1) is 0 Å². The Morgan fingerprint density at radius 1 is 1.24 bits per heavy atom. The van der Waals surface area contributed by atoms with Crippen molar-refractivity contribution in [2.75, 3.05) is 50.8 Å². The molecule has 2 saturated heterocycles. The van der Waals surface area contributed by atoms with Crippen molar-refractivity contribution in [3.63, 3.8) is 0 Å². The number of nitrogens with one attached hydrogen (secondary N) is 1. The second kappa shape index (κ2) is 7.97. The number of hydrogen-bond acceptors (Lipinski definition) is 4. The van der Waals surface area contributed by atoms with E-state index < -0.39 is 5.92 Å². The van der Waals surface area contributed by atoms with Crippen LogP contribution in [0.3, 0.4) is 0 Å². The number of anilines is 1. The molecular weight excluding hydrogens is 318 g/mol. The van der Waals surface area contributed by atoms with Crippen molar-refractivity contribution >= 4 is 17.5 Å². The monoisotopic (exact) mass is 345 g/mol. The van der Waals surface area contributed by atoms with Crippen LogP contribution in [-0.4, -0.2) is 62.7 Å². The van der Waals surface area contributed by atoms with Crippen LogP contribution in [0.25, 0.3) is 0 Å². The fourth-order valence-electron chi connectivity index (χ4n) is 3.56. The highest BCUT2D eigenvalue weighted by atomic mass is 16.5. The Hall–Kier alpha value is -1.92. The van der Waals surface area contributed by atoms with E-state index in [-0.39, 0.29) is 11.8 Å².